The molecular formula is C12H17Br2N3O3S. The molecule has 0 bridgehead atoms. The average Bonchev–Trinajstić information content (AvgIpc) is 2.24. The van der Waals surface area contributed by atoms with Crippen LogP contribution in [0.25, 0.3) is 0 Å². The second kappa shape index (κ2) is 7.08. The van der Waals surface area contributed by atoms with Gasteiger partial charge in [-0.05, 0) is 34.0 Å². The molecule has 0 aliphatic carbocycles. The number of nitrogens with zero attached hydrogens (tertiary/aromatic N) is 1. The quantitative estimate of drug-likeness (QED) is 0.656. The number of hydrogen-bond acceptors (Lipinski definition) is 4. The highest BCUT2D eigenvalue weighted by Gasteiger charge is 2.30. The minimum atomic E-state index is -3.93. The van der Waals surface area contributed by atoms with E-state index in [-0.39, 0.29) is 29.6 Å². The lowest BCUT2D eigenvalue weighted by atomic mass is 10.2. The van der Waals surface area contributed by atoms with Gasteiger partial charge in [0.2, 0.25) is 15.9 Å². The van der Waals surface area contributed by atoms with E-state index < -0.39 is 15.9 Å². The third kappa shape index (κ3) is 4.67. The predicted octanol–water partition coefficient (Wildman–Crippen LogP) is 1.93. The maximum Gasteiger partial charge on any atom is 0.246 e. The fraction of sp³-hybridized carbons (Fsp3) is 0.417. The van der Waals surface area contributed by atoms with Gasteiger partial charge in [0.15, 0.2) is 0 Å². The van der Waals surface area contributed by atoms with Gasteiger partial charge in [-0.3, -0.25) is 4.79 Å². The Bertz CT molecular complexity index is 624. The van der Waals surface area contributed by atoms with Gasteiger partial charge in [-0.2, -0.15) is 4.31 Å². The molecule has 0 saturated carbocycles. The molecule has 0 aliphatic heterocycles. The number of hydrogen-bond donors (Lipinski definition) is 2. The number of rotatable bonds is 6. The fourth-order valence-corrected chi connectivity index (χ4v) is 5.39. The third-order valence-electron chi connectivity index (χ3n) is 2.54. The van der Waals surface area contributed by atoms with E-state index in [1.54, 1.807) is 6.07 Å². The first-order chi connectivity index (χ1) is 9.55. The molecule has 1 aromatic carbocycles. The molecular weight excluding hydrogens is 426 g/mol. The van der Waals surface area contributed by atoms with Crippen LogP contribution in [-0.2, 0) is 14.8 Å². The van der Waals surface area contributed by atoms with E-state index in [1.807, 2.05) is 13.8 Å². The Labute approximate surface area is 141 Å². The molecule has 9 heteroatoms. The van der Waals surface area contributed by atoms with Crippen molar-refractivity contribution in [3.05, 3.63) is 21.1 Å². The molecule has 0 spiro atoms. The second-order valence-electron chi connectivity index (χ2n) is 4.96. The molecule has 21 heavy (non-hydrogen) atoms. The van der Waals surface area contributed by atoms with Crippen LogP contribution in [0.15, 0.2) is 26.0 Å². The van der Waals surface area contributed by atoms with Crippen LogP contribution in [0.5, 0.6) is 0 Å². The molecule has 0 atom stereocenters. The standard InChI is InChI=1S/C12H17Br2N3O3S/c1-7(2)5-17(6-11(16)18)21(19,20)12-9(14)3-8(13)4-10(12)15/h3-4,7H,5-6,15H2,1-2H3,(H2,16,18). The topological polar surface area (TPSA) is 106 Å². The summed E-state index contributed by atoms with van der Waals surface area (Å²) in [5.41, 5.74) is 11.1. The lowest BCUT2D eigenvalue weighted by molar-refractivity contribution is -0.118. The van der Waals surface area contributed by atoms with Crippen LogP contribution < -0.4 is 11.5 Å². The molecule has 0 heterocycles. The second-order valence-corrected chi connectivity index (χ2v) is 8.61. The number of carbonyl (C=O) groups excluding carboxylic acids is 1. The molecule has 1 amide bonds. The van der Waals surface area contributed by atoms with Crippen molar-refractivity contribution < 1.29 is 13.2 Å². The summed E-state index contributed by atoms with van der Waals surface area (Å²) in [5.74, 6) is -0.680. The van der Waals surface area contributed by atoms with Crippen LogP contribution in [0.3, 0.4) is 0 Å². The van der Waals surface area contributed by atoms with Crippen LogP contribution in [-0.4, -0.2) is 31.7 Å². The zero-order valence-corrected chi connectivity index (χ0v) is 15.6. The molecule has 0 radical (unpaired) electrons. The summed E-state index contributed by atoms with van der Waals surface area (Å²) in [6.45, 7) is 3.49. The number of primary amides is 1. The van der Waals surface area contributed by atoms with Crippen molar-refractivity contribution in [1.82, 2.24) is 4.31 Å². The van der Waals surface area contributed by atoms with Crippen molar-refractivity contribution in [2.24, 2.45) is 11.7 Å². The number of nitrogens with two attached hydrogens (primary N) is 2. The van der Waals surface area contributed by atoms with Crippen molar-refractivity contribution in [2.45, 2.75) is 18.7 Å². The van der Waals surface area contributed by atoms with Crippen molar-refractivity contribution in [3.63, 3.8) is 0 Å². The van der Waals surface area contributed by atoms with Gasteiger partial charge >= 0.3 is 0 Å². The SMILES string of the molecule is CC(C)CN(CC(N)=O)S(=O)(=O)c1c(N)cc(Br)cc1Br. The van der Waals surface area contributed by atoms with Gasteiger partial charge in [0.1, 0.15) is 4.90 Å². The highest BCUT2D eigenvalue weighted by atomic mass is 79.9. The minimum absolute atomic E-state index is 0.0366. The summed E-state index contributed by atoms with van der Waals surface area (Å²) in [6.07, 6.45) is 0. The largest absolute Gasteiger partial charge is 0.398 e. The average molecular weight is 443 g/mol. The van der Waals surface area contributed by atoms with E-state index in [4.69, 9.17) is 11.5 Å². The van der Waals surface area contributed by atoms with Gasteiger partial charge in [0.05, 0.1) is 12.2 Å². The summed E-state index contributed by atoms with van der Waals surface area (Å²) < 4.78 is 27.5. The Morgan fingerprint density at radius 1 is 1.33 bits per heavy atom. The Kier molecular flexibility index (Phi) is 6.21. The molecule has 0 unspecified atom stereocenters. The summed E-state index contributed by atoms with van der Waals surface area (Å²) in [6, 6.07) is 3.08. The van der Waals surface area contributed by atoms with Crippen LogP contribution in [0.2, 0.25) is 0 Å². The zero-order valence-electron chi connectivity index (χ0n) is 11.6. The Balaban J connectivity index is 3.38. The minimum Gasteiger partial charge on any atom is -0.398 e. The molecule has 0 fully saturated rings. The number of carbonyl (C=O) groups is 1. The van der Waals surface area contributed by atoms with Crippen molar-refractivity contribution in [1.29, 1.82) is 0 Å². The molecule has 0 aliphatic rings. The summed E-state index contributed by atoms with van der Waals surface area (Å²) in [5, 5.41) is 0. The van der Waals surface area contributed by atoms with Crippen LogP contribution in [0, 0.1) is 5.92 Å². The number of benzene rings is 1. The highest BCUT2D eigenvalue weighted by Crippen LogP contribution is 2.33. The Morgan fingerprint density at radius 2 is 1.90 bits per heavy atom. The van der Waals surface area contributed by atoms with Crippen molar-refractivity contribution in [2.75, 3.05) is 18.8 Å². The van der Waals surface area contributed by atoms with E-state index in [9.17, 15) is 13.2 Å². The molecule has 1 aromatic rings. The Morgan fingerprint density at radius 3 is 2.33 bits per heavy atom. The number of anilines is 1. The van der Waals surface area contributed by atoms with Crippen LogP contribution in [0.1, 0.15) is 13.8 Å². The Hall–Kier alpha value is -0.640. The van der Waals surface area contributed by atoms with Gasteiger partial charge in [0, 0.05) is 15.5 Å². The monoisotopic (exact) mass is 441 g/mol. The lowest BCUT2D eigenvalue weighted by Crippen LogP contribution is -2.40. The molecule has 1 rings (SSSR count). The highest BCUT2D eigenvalue weighted by molar-refractivity contribution is 9.11. The normalized spacial score (nSPS) is 12.1. The molecule has 0 saturated heterocycles. The van der Waals surface area contributed by atoms with Crippen molar-refractivity contribution >= 4 is 53.5 Å². The van der Waals surface area contributed by atoms with E-state index in [0.29, 0.717) is 8.95 Å². The maximum atomic E-state index is 12.7. The molecule has 6 nitrogen and oxygen atoms in total. The van der Waals surface area contributed by atoms with Gasteiger partial charge in [-0.25, -0.2) is 8.42 Å². The number of halogens is 2. The predicted molar refractivity (Wildman–Crippen MR) is 89.0 cm³/mol. The molecule has 0 aromatic heterocycles. The van der Waals surface area contributed by atoms with E-state index >= 15 is 0 Å². The molecule has 4 N–H and O–H groups in total. The van der Waals surface area contributed by atoms with Crippen LogP contribution >= 0.6 is 31.9 Å². The van der Waals surface area contributed by atoms with Crippen molar-refractivity contribution in [3.8, 4) is 0 Å². The summed E-state index contributed by atoms with van der Waals surface area (Å²) >= 11 is 6.44. The van der Waals surface area contributed by atoms with Gasteiger partial charge in [0.25, 0.3) is 0 Å². The van der Waals surface area contributed by atoms with E-state index in [0.717, 1.165) is 4.31 Å². The zero-order chi connectivity index (χ0) is 16.4. The van der Waals surface area contributed by atoms with E-state index in [1.165, 1.54) is 6.07 Å². The number of amides is 1. The molecule has 118 valence electrons. The van der Waals surface area contributed by atoms with Crippen LogP contribution in [0.4, 0.5) is 5.69 Å². The summed E-state index contributed by atoms with van der Waals surface area (Å²) in [7, 11) is -3.93. The smallest absolute Gasteiger partial charge is 0.246 e. The third-order valence-corrected chi connectivity index (χ3v) is 5.81. The van der Waals surface area contributed by atoms with Gasteiger partial charge < -0.3 is 11.5 Å². The number of nitrogen functional groups attached to an aromatic ring is 1. The first-order valence-electron chi connectivity index (χ1n) is 6.08. The maximum absolute atomic E-state index is 12.7. The van der Waals surface area contributed by atoms with E-state index in [2.05, 4.69) is 31.9 Å². The van der Waals surface area contributed by atoms with Gasteiger partial charge in [-0.15, -0.1) is 0 Å². The lowest BCUT2D eigenvalue weighted by Gasteiger charge is -2.24. The first kappa shape index (κ1) is 18.4. The number of sulfonamides is 1. The fourth-order valence-electron chi connectivity index (χ4n) is 1.81. The summed E-state index contributed by atoms with van der Waals surface area (Å²) in [4.78, 5) is 11.1. The first-order valence-corrected chi connectivity index (χ1v) is 9.11. The van der Waals surface area contributed by atoms with Gasteiger partial charge in [-0.1, -0.05) is 29.8 Å².